The third-order valence-corrected chi connectivity index (χ3v) is 7.07. The molecule has 0 radical (unpaired) electrons. The molecule has 0 unspecified atom stereocenters. The van der Waals surface area contributed by atoms with Gasteiger partial charge in [0.05, 0.1) is 51.8 Å². The SMILES string of the molecule is C#CCOCCOCCOCCOc1ncc(-c2cc(CC(=O)c3cccc(C(F)(F)F)c3)ccc2C)cc1N1CCOCC1. The molecule has 0 amide bonds. The van der Waals surface area contributed by atoms with Crippen LogP contribution < -0.4 is 9.64 Å². The topological polar surface area (TPSA) is 79.3 Å². The number of terminal acetylenes is 1. The molecule has 45 heavy (non-hydrogen) atoms. The number of alkyl halides is 3. The number of ketones is 1. The molecule has 1 fully saturated rings. The minimum atomic E-state index is -4.52. The summed E-state index contributed by atoms with van der Waals surface area (Å²) in [7, 11) is 0. The van der Waals surface area contributed by atoms with Gasteiger partial charge in [0.25, 0.3) is 0 Å². The van der Waals surface area contributed by atoms with Crippen molar-refractivity contribution in [2.45, 2.75) is 19.5 Å². The molecule has 0 atom stereocenters. The number of carbonyl (C=O) groups excluding carboxylic acids is 1. The average Bonchev–Trinajstić information content (AvgIpc) is 3.04. The fraction of sp³-hybridized carbons (Fsp3) is 0.412. The lowest BCUT2D eigenvalue weighted by Crippen LogP contribution is -2.36. The van der Waals surface area contributed by atoms with E-state index in [0.29, 0.717) is 77.4 Å². The molecule has 240 valence electrons. The van der Waals surface area contributed by atoms with E-state index in [1.807, 2.05) is 31.2 Å². The molecule has 3 aromatic rings. The van der Waals surface area contributed by atoms with Crippen molar-refractivity contribution in [1.29, 1.82) is 0 Å². The second-order valence-corrected chi connectivity index (χ2v) is 10.3. The largest absolute Gasteiger partial charge is 0.474 e. The molecule has 1 aliphatic heterocycles. The van der Waals surface area contributed by atoms with Crippen molar-refractivity contribution < 1.29 is 41.7 Å². The summed E-state index contributed by atoms with van der Waals surface area (Å²) in [6.45, 7) is 7.06. The third-order valence-electron chi connectivity index (χ3n) is 7.07. The Labute approximate surface area is 261 Å². The Morgan fingerprint density at radius 1 is 0.978 bits per heavy atom. The van der Waals surface area contributed by atoms with Crippen LogP contribution in [0.25, 0.3) is 11.1 Å². The number of aromatic nitrogens is 1. The van der Waals surface area contributed by atoms with Crippen LogP contribution in [0, 0.1) is 19.3 Å². The summed E-state index contributed by atoms with van der Waals surface area (Å²) in [6, 6.07) is 12.1. The molecule has 11 heteroatoms. The molecule has 0 N–H and O–H groups in total. The molecule has 0 bridgehead atoms. The number of carbonyl (C=O) groups is 1. The minimum Gasteiger partial charge on any atom is -0.474 e. The van der Waals surface area contributed by atoms with Crippen molar-refractivity contribution in [2.24, 2.45) is 0 Å². The van der Waals surface area contributed by atoms with Gasteiger partial charge in [0.1, 0.15) is 18.9 Å². The Morgan fingerprint density at radius 3 is 2.40 bits per heavy atom. The van der Waals surface area contributed by atoms with E-state index in [1.165, 1.54) is 12.1 Å². The summed E-state index contributed by atoms with van der Waals surface area (Å²) in [5.41, 5.74) is 3.34. The van der Waals surface area contributed by atoms with Gasteiger partial charge in [-0.3, -0.25) is 4.79 Å². The summed E-state index contributed by atoms with van der Waals surface area (Å²) in [4.78, 5) is 19.7. The Morgan fingerprint density at radius 2 is 1.69 bits per heavy atom. The number of nitrogens with zero attached hydrogens (tertiary/aromatic N) is 2. The summed E-state index contributed by atoms with van der Waals surface area (Å²) >= 11 is 0. The molecular formula is C34H37F3N2O6. The molecule has 0 spiro atoms. The molecule has 2 aromatic carbocycles. The Kier molecular flexibility index (Phi) is 12.8. The molecule has 1 aromatic heterocycles. The van der Waals surface area contributed by atoms with E-state index in [2.05, 4.69) is 15.8 Å². The van der Waals surface area contributed by atoms with Crippen molar-refractivity contribution in [2.75, 3.05) is 77.5 Å². The number of morpholine rings is 1. The van der Waals surface area contributed by atoms with Gasteiger partial charge in [0.15, 0.2) is 5.78 Å². The van der Waals surface area contributed by atoms with Crippen molar-refractivity contribution in [1.82, 2.24) is 4.98 Å². The van der Waals surface area contributed by atoms with E-state index in [0.717, 1.165) is 34.5 Å². The highest BCUT2D eigenvalue weighted by atomic mass is 19.4. The van der Waals surface area contributed by atoms with E-state index >= 15 is 0 Å². The second-order valence-electron chi connectivity index (χ2n) is 10.3. The van der Waals surface area contributed by atoms with Gasteiger partial charge >= 0.3 is 6.18 Å². The van der Waals surface area contributed by atoms with Crippen LogP contribution in [0.2, 0.25) is 0 Å². The first-order chi connectivity index (χ1) is 21.8. The number of halogens is 3. The van der Waals surface area contributed by atoms with Gasteiger partial charge in [0.2, 0.25) is 5.88 Å². The molecular weight excluding hydrogens is 589 g/mol. The molecule has 1 saturated heterocycles. The maximum atomic E-state index is 13.2. The molecule has 2 heterocycles. The maximum Gasteiger partial charge on any atom is 0.416 e. The predicted octanol–water partition coefficient (Wildman–Crippen LogP) is 5.40. The summed E-state index contributed by atoms with van der Waals surface area (Å²) in [6.07, 6.45) is 2.29. The van der Waals surface area contributed by atoms with Gasteiger partial charge < -0.3 is 28.6 Å². The van der Waals surface area contributed by atoms with Crippen LogP contribution in [-0.2, 0) is 31.5 Å². The zero-order chi connectivity index (χ0) is 32.1. The number of hydrogen-bond donors (Lipinski definition) is 0. The van der Waals surface area contributed by atoms with Crippen molar-refractivity contribution in [3.05, 3.63) is 77.0 Å². The van der Waals surface area contributed by atoms with Crippen LogP contribution in [0.1, 0.15) is 27.0 Å². The lowest BCUT2D eigenvalue weighted by atomic mass is 9.95. The fourth-order valence-corrected chi connectivity index (χ4v) is 4.74. The number of Topliss-reactive ketones (excluding diaryl/α,β-unsaturated/α-hetero) is 1. The van der Waals surface area contributed by atoms with Crippen molar-refractivity contribution >= 4 is 11.5 Å². The number of hydrogen-bond acceptors (Lipinski definition) is 8. The van der Waals surface area contributed by atoms with Crippen molar-refractivity contribution in [3.8, 4) is 29.4 Å². The highest BCUT2D eigenvalue weighted by Gasteiger charge is 2.31. The van der Waals surface area contributed by atoms with Gasteiger partial charge in [-0.2, -0.15) is 13.2 Å². The van der Waals surface area contributed by atoms with Gasteiger partial charge in [0, 0.05) is 36.8 Å². The number of anilines is 1. The first-order valence-corrected chi connectivity index (χ1v) is 14.7. The third kappa shape index (κ3) is 10.3. The predicted molar refractivity (Wildman–Crippen MR) is 164 cm³/mol. The lowest BCUT2D eigenvalue weighted by molar-refractivity contribution is -0.137. The van der Waals surface area contributed by atoms with Gasteiger partial charge in [-0.25, -0.2) is 4.98 Å². The zero-order valence-electron chi connectivity index (χ0n) is 25.2. The van der Waals surface area contributed by atoms with Crippen LogP contribution in [0.5, 0.6) is 5.88 Å². The summed E-state index contributed by atoms with van der Waals surface area (Å²) < 4.78 is 67.2. The number of benzene rings is 2. The smallest absolute Gasteiger partial charge is 0.416 e. The first-order valence-electron chi connectivity index (χ1n) is 14.7. The normalized spacial score (nSPS) is 13.4. The maximum absolute atomic E-state index is 13.2. The molecule has 8 nitrogen and oxygen atoms in total. The van der Waals surface area contributed by atoms with E-state index in [9.17, 15) is 18.0 Å². The lowest BCUT2D eigenvalue weighted by Gasteiger charge is -2.30. The molecule has 0 saturated carbocycles. The standard InChI is InChI=1S/C34H37F3N2O6/c1-3-11-41-14-15-43-16-17-44-18-19-45-33-31(39-9-12-42-13-10-39)23-28(24-38-33)30-20-26(8-7-25(30)2)21-32(40)27-5-4-6-29(22-27)34(35,36)37/h1,4-8,20,22-24H,9-19,21H2,2H3. The summed E-state index contributed by atoms with van der Waals surface area (Å²) in [5.74, 6) is 2.47. The molecule has 1 aliphatic rings. The summed E-state index contributed by atoms with van der Waals surface area (Å²) in [5, 5.41) is 0. The van der Waals surface area contributed by atoms with Gasteiger partial charge in [-0.1, -0.05) is 36.3 Å². The van der Waals surface area contributed by atoms with Crippen LogP contribution in [0.15, 0.2) is 54.7 Å². The monoisotopic (exact) mass is 626 g/mol. The number of pyridine rings is 1. The Bertz CT molecular complexity index is 1450. The fourth-order valence-electron chi connectivity index (χ4n) is 4.74. The highest BCUT2D eigenvalue weighted by Crippen LogP contribution is 2.34. The number of rotatable bonds is 16. The van der Waals surface area contributed by atoms with E-state index < -0.39 is 17.5 Å². The Balaban J connectivity index is 1.42. The quantitative estimate of drug-likeness (QED) is 0.119. The van der Waals surface area contributed by atoms with E-state index in [-0.39, 0.29) is 18.6 Å². The van der Waals surface area contributed by atoms with Crippen molar-refractivity contribution in [3.63, 3.8) is 0 Å². The van der Waals surface area contributed by atoms with Crippen LogP contribution in [-0.4, -0.2) is 83.3 Å². The Hall–Kier alpha value is -3.95. The van der Waals surface area contributed by atoms with Crippen LogP contribution in [0.4, 0.5) is 18.9 Å². The number of ether oxygens (including phenoxy) is 5. The highest BCUT2D eigenvalue weighted by molar-refractivity contribution is 5.97. The van der Waals surface area contributed by atoms with E-state index in [1.54, 1.807) is 6.20 Å². The first kappa shape index (κ1) is 33.9. The van der Waals surface area contributed by atoms with Gasteiger partial charge in [-0.05, 0) is 41.8 Å². The number of aryl methyl sites for hydroxylation is 1. The average molecular weight is 627 g/mol. The molecule has 4 rings (SSSR count). The van der Waals surface area contributed by atoms with Gasteiger partial charge in [-0.15, -0.1) is 6.42 Å². The second kappa shape index (κ2) is 16.9. The van der Waals surface area contributed by atoms with Crippen LogP contribution >= 0.6 is 0 Å². The molecule has 0 aliphatic carbocycles. The van der Waals surface area contributed by atoms with Crippen LogP contribution in [0.3, 0.4) is 0 Å². The zero-order valence-corrected chi connectivity index (χ0v) is 25.2. The minimum absolute atomic E-state index is 0.0203. The van der Waals surface area contributed by atoms with E-state index in [4.69, 9.17) is 30.1 Å².